The minimum absolute atomic E-state index is 0.0745. The molecule has 2 aromatic rings. The summed E-state index contributed by atoms with van der Waals surface area (Å²) < 4.78 is 28.3. The van der Waals surface area contributed by atoms with Crippen LogP contribution >= 0.6 is 0 Å². The number of carbonyl (C=O) groups is 2. The van der Waals surface area contributed by atoms with Crippen molar-refractivity contribution in [3.8, 4) is 0 Å². The smallest absolute Gasteiger partial charge is 0.262 e. The van der Waals surface area contributed by atoms with Crippen molar-refractivity contribution in [2.45, 2.75) is 18.7 Å². The summed E-state index contributed by atoms with van der Waals surface area (Å²) in [7, 11) is -3.83. The molecule has 148 valence electrons. The predicted molar refractivity (Wildman–Crippen MR) is 107 cm³/mol. The van der Waals surface area contributed by atoms with E-state index in [4.69, 9.17) is 0 Å². The van der Waals surface area contributed by atoms with Gasteiger partial charge in [-0.15, -0.1) is 0 Å². The number of benzene rings is 2. The second-order valence-corrected chi connectivity index (χ2v) is 8.54. The molecule has 0 radical (unpaired) electrons. The number of piperazine rings is 1. The second-order valence-electron chi connectivity index (χ2n) is 6.89. The zero-order valence-corrected chi connectivity index (χ0v) is 16.7. The molecule has 0 spiro atoms. The van der Waals surface area contributed by atoms with E-state index in [-0.39, 0.29) is 10.8 Å². The average Bonchev–Trinajstić information content (AvgIpc) is 2.69. The number of rotatable bonds is 5. The topological polar surface area (TPSA) is 86.8 Å². The molecule has 1 aliphatic heterocycles. The number of nitrogens with zero attached hydrogens (tertiary/aromatic N) is 2. The highest BCUT2D eigenvalue weighted by atomic mass is 32.2. The van der Waals surface area contributed by atoms with Crippen LogP contribution in [-0.2, 0) is 14.8 Å². The molecule has 7 nitrogen and oxygen atoms in total. The number of anilines is 1. The van der Waals surface area contributed by atoms with Gasteiger partial charge in [-0.05, 0) is 43.7 Å². The number of aryl methyl sites for hydroxylation is 2. The molecule has 1 fully saturated rings. The van der Waals surface area contributed by atoms with Gasteiger partial charge in [-0.1, -0.05) is 23.8 Å². The van der Waals surface area contributed by atoms with Crippen LogP contribution in [0.4, 0.5) is 5.69 Å². The van der Waals surface area contributed by atoms with E-state index in [1.807, 2.05) is 19.1 Å². The minimum Gasteiger partial charge on any atom is -0.342 e. The summed E-state index contributed by atoms with van der Waals surface area (Å²) in [6.07, 6.45) is 0.773. The molecule has 1 N–H and O–H groups in total. The van der Waals surface area contributed by atoms with Crippen molar-refractivity contribution in [3.63, 3.8) is 0 Å². The van der Waals surface area contributed by atoms with Crippen LogP contribution in [0.2, 0.25) is 0 Å². The van der Waals surface area contributed by atoms with E-state index < -0.39 is 10.0 Å². The molecule has 0 atom stereocenters. The lowest BCUT2D eigenvalue weighted by atomic mass is 10.1. The van der Waals surface area contributed by atoms with Crippen molar-refractivity contribution in [3.05, 3.63) is 59.2 Å². The van der Waals surface area contributed by atoms with Gasteiger partial charge < -0.3 is 9.80 Å². The van der Waals surface area contributed by atoms with E-state index in [1.54, 1.807) is 41.0 Å². The lowest BCUT2D eigenvalue weighted by Crippen LogP contribution is -2.48. The van der Waals surface area contributed by atoms with Crippen LogP contribution in [0.1, 0.15) is 21.5 Å². The Morgan fingerprint density at radius 1 is 1.00 bits per heavy atom. The Morgan fingerprint density at radius 2 is 1.64 bits per heavy atom. The molecule has 28 heavy (non-hydrogen) atoms. The highest BCUT2D eigenvalue weighted by Crippen LogP contribution is 2.22. The molecule has 0 aromatic heterocycles. The Kier molecular flexibility index (Phi) is 5.69. The van der Waals surface area contributed by atoms with E-state index in [0.29, 0.717) is 43.0 Å². The van der Waals surface area contributed by atoms with Gasteiger partial charge in [0, 0.05) is 37.4 Å². The maximum Gasteiger partial charge on any atom is 0.262 e. The molecule has 1 saturated heterocycles. The van der Waals surface area contributed by atoms with Crippen LogP contribution in [0.25, 0.3) is 0 Å². The Balaban J connectivity index is 1.83. The fourth-order valence-electron chi connectivity index (χ4n) is 3.07. The summed E-state index contributed by atoms with van der Waals surface area (Å²) in [5.41, 5.74) is 2.37. The third-order valence-electron chi connectivity index (χ3n) is 4.78. The maximum atomic E-state index is 12.9. The molecular weight excluding hydrogens is 378 g/mol. The van der Waals surface area contributed by atoms with Crippen molar-refractivity contribution in [1.29, 1.82) is 0 Å². The van der Waals surface area contributed by atoms with E-state index >= 15 is 0 Å². The van der Waals surface area contributed by atoms with Crippen LogP contribution in [-0.4, -0.2) is 56.7 Å². The van der Waals surface area contributed by atoms with E-state index in [1.165, 1.54) is 6.07 Å². The summed E-state index contributed by atoms with van der Waals surface area (Å²) in [5.74, 6) is -0.239. The molecule has 3 rings (SSSR count). The molecule has 2 aromatic carbocycles. The standard InChI is InChI=1S/C20H23N3O4S/c1-15-3-7-18(8-4-15)21-28(26,27)19-13-17(6-5-16(19)2)20(25)23-11-9-22(14-24)10-12-23/h3-8,13-14,21H,9-12H2,1-2H3. The molecule has 1 heterocycles. The molecule has 0 unspecified atom stereocenters. The predicted octanol–water partition coefficient (Wildman–Crippen LogP) is 2.02. The summed E-state index contributed by atoms with van der Waals surface area (Å²) in [6, 6.07) is 11.7. The number of sulfonamides is 1. The monoisotopic (exact) mass is 401 g/mol. The number of carbonyl (C=O) groups excluding carboxylic acids is 2. The first-order valence-electron chi connectivity index (χ1n) is 8.99. The zero-order valence-electron chi connectivity index (χ0n) is 15.9. The fourth-order valence-corrected chi connectivity index (χ4v) is 4.40. The van der Waals surface area contributed by atoms with Crippen molar-refractivity contribution in [2.24, 2.45) is 0 Å². The SMILES string of the molecule is Cc1ccc(NS(=O)(=O)c2cc(C(=O)N3CCN(C=O)CC3)ccc2C)cc1. The molecule has 1 aliphatic rings. The average molecular weight is 401 g/mol. The van der Waals surface area contributed by atoms with Crippen molar-refractivity contribution in [2.75, 3.05) is 30.9 Å². The molecule has 0 aliphatic carbocycles. The lowest BCUT2D eigenvalue weighted by molar-refractivity contribution is -0.119. The molecule has 0 bridgehead atoms. The Bertz CT molecular complexity index is 979. The second kappa shape index (κ2) is 8.02. The molecule has 0 saturated carbocycles. The summed E-state index contributed by atoms with van der Waals surface area (Å²) >= 11 is 0. The normalized spacial score (nSPS) is 14.6. The van der Waals surface area contributed by atoms with Crippen LogP contribution in [0.3, 0.4) is 0 Å². The first-order chi connectivity index (χ1) is 13.3. The quantitative estimate of drug-likeness (QED) is 0.777. The van der Waals surface area contributed by atoms with Gasteiger partial charge >= 0.3 is 0 Å². The Hall–Kier alpha value is -2.87. The Labute approximate surface area is 165 Å². The first-order valence-corrected chi connectivity index (χ1v) is 10.5. The number of hydrogen-bond acceptors (Lipinski definition) is 4. The molecule has 2 amide bonds. The van der Waals surface area contributed by atoms with Gasteiger partial charge in [-0.2, -0.15) is 0 Å². The number of nitrogens with one attached hydrogen (secondary N) is 1. The van der Waals surface area contributed by atoms with Gasteiger partial charge in [0.1, 0.15) is 0 Å². The zero-order chi connectivity index (χ0) is 20.3. The molecule has 8 heteroatoms. The van der Waals surface area contributed by atoms with Crippen LogP contribution in [0.5, 0.6) is 0 Å². The lowest BCUT2D eigenvalue weighted by Gasteiger charge is -2.32. The van der Waals surface area contributed by atoms with Crippen molar-refractivity contribution < 1.29 is 18.0 Å². The summed E-state index contributed by atoms with van der Waals surface area (Å²) in [6.45, 7) is 5.42. The summed E-state index contributed by atoms with van der Waals surface area (Å²) in [4.78, 5) is 26.9. The largest absolute Gasteiger partial charge is 0.342 e. The highest BCUT2D eigenvalue weighted by Gasteiger charge is 2.24. The van der Waals surface area contributed by atoms with Gasteiger partial charge in [0.05, 0.1) is 4.90 Å². The van der Waals surface area contributed by atoms with Gasteiger partial charge in [0.15, 0.2) is 0 Å². The third-order valence-corrected chi connectivity index (χ3v) is 6.30. The molecular formula is C20H23N3O4S. The summed E-state index contributed by atoms with van der Waals surface area (Å²) in [5, 5.41) is 0. The van der Waals surface area contributed by atoms with Crippen molar-refractivity contribution >= 4 is 28.0 Å². The van der Waals surface area contributed by atoms with Gasteiger partial charge in [0.2, 0.25) is 6.41 Å². The van der Waals surface area contributed by atoms with Crippen LogP contribution < -0.4 is 4.72 Å². The van der Waals surface area contributed by atoms with E-state index in [9.17, 15) is 18.0 Å². The van der Waals surface area contributed by atoms with E-state index in [2.05, 4.69) is 4.72 Å². The van der Waals surface area contributed by atoms with Crippen molar-refractivity contribution in [1.82, 2.24) is 9.80 Å². The Morgan fingerprint density at radius 3 is 2.25 bits per heavy atom. The van der Waals surface area contributed by atoms with Gasteiger partial charge in [-0.3, -0.25) is 14.3 Å². The number of amides is 2. The van der Waals surface area contributed by atoms with Gasteiger partial charge in [0.25, 0.3) is 15.9 Å². The van der Waals surface area contributed by atoms with E-state index in [0.717, 1.165) is 12.0 Å². The van der Waals surface area contributed by atoms with Crippen LogP contribution in [0.15, 0.2) is 47.4 Å². The highest BCUT2D eigenvalue weighted by molar-refractivity contribution is 7.92. The third kappa shape index (κ3) is 4.33. The van der Waals surface area contributed by atoms with Crippen LogP contribution in [0, 0.1) is 13.8 Å². The minimum atomic E-state index is -3.83. The fraction of sp³-hybridized carbons (Fsp3) is 0.300. The maximum absolute atomic E-state index is 12.9. The van der Waals surface area contributed by atoms with Gasteiger partial charge in [-0.25, -0.2) is 8.42 Å². The first kappa shape index (κ1) is 19.9. The number of hydrogen-bond donors (Lipinski definition) is 1.